The SMILES string of the molecule is CC(C)(C)c1ccc(C(=O)CCC2CCCCO2)cc1. The van der Waals surface area contributed by atoms with Gasteiger partial charge in [-0.25, -0.2) is 0 Å². The van der Waals surface area contributed by atoms with E-state index in [0.717, 1.165) is 25.0 Å². The topological polar surface area (TPSA) is 26.3 Å². The lowest BCUT2D eigenvalue weighted by molar-refractivity contribution is 0.0104. The van der Waals surface area contributed by atoms with Crippen LogP contribution >= 0.6 is 0 Å². The summed E-state index contributed by atoms with van der Waals surface area (Å²) < 4.78 is 5.68. The van der Waals surface area contributed by atoms with Crippen LogP contribution in [0.2, 0.25) is 0 Å². The quantitative estimate of drug-likeness (QED) is 0.755. The molecule has 2 nitrogen and oxygen atoms in total. The van der Waals surface area contributed by atoms with Gasteiger partial charge in [-0.05, 0) is 36.7 Å². The number of carbonyl (C=O) groups excluding carboxylic acids is 1. The zero-order valence-corrected chi connectivity index (χ0v) is 12.9. The first-order valence-corrected chi connectivity index (χ1v) is 7.72. The molecule has 0 radical (unpaired) electrons. The van der Waals surface area contributed by atoms with Gasteiger partial charge in [0.05, 0.1) is 6.10 Å². The average molecular weight is 274 g/mol. The van der Waals surface area contributed by atoms with Crippen LogP contribution in [0.15, 0.2) is 24.3 Å². The lowest BCUT2D eigenvalue weighted by Crippen LogP contribution is -2.20. The highest BCUT2D eigenvalue weighted by Crippen LogP contribution is 2.23. The summed E-state index contributed by atoms with van der Waals surface area (Å²) in [4.78, 5) is 12.2. The van der Waals surface area contributed by atoms with Gasteiger partial charge in [0.2, 0.25) is 0 Å². The number of benzene rings is 1. The van der Waals surface area contributed by atoms with Crippen LogP contribution < -0.4 is 0 Å². The Morgan fingerprint density at radius 2 is 1.90 bits per heavy atom. The molecule has 0 saturated carbocycles. The van der Waals surface area contributed by atoms with E-state index in [0.29, 0.717) is 12.5 Å². The van der Waals surface area contributed by atoms with E-state index in [-0.39, 0.29) is 11.2 Å². The minimum Gasteiger partial charge on any atom is -0.378 e. The van der Waals surface area contributed by atoms with Crippen molar-refractivity contribution in [3.63, 3.8) is 0 Å². The lowest BCUT2D eigenvalue weighted by atomic mass is 9.86. The second-order valence-corrected chi connectivity index (χ2v) is 6.78. The van der Waals surface area contributed by atoms with Crippen LogP contribution in [-0.4, -0.2) is 18.5 Å². The molecule has 0 spiro atoms. The van der Waals surface area contributed by atoms with Crippen molar-refractivity contribution in [3.8, 4) is 0 Å². The summed E-state index contributed by atoms with van der Waals surface area (Å²) >= 11 is 0. The number of ether oxygens (including phenoxy) is 1. The summed E-state index contributed by atoms with van der Waals surface area (Å²) in [5.74, 6) is 0.236. The smallest absolute Gasteiger partial charge is 0.162 e. The van der Waals surface area contributed by atoms with Gasteiger partial charge < -0.3 is 4.74 Å². The minimum atomic E-state index is 0.136. The summed E-state index contributed by atoms with van der Waals surface area (Å²) in [7, 11) is 0. The molecule has 20 heavy (non-hydrogen) atoms. The Hall–Kier alpha value is -1.15. The van der Waals surface area contributed by atoms with Crippen molar-refractivity contribution in [2.24, 2.45) is 0 Å². The van der Waals surface area contributed by atoms with Crippen LogP contribution in [-0.2, 0) is 10.2 Å². The molecule has 0 aliphatic carbocycles. The zero-order valence-electron chi connectivity index (χ0n) is 12.9. The highest BCUT2D eigenvalue weighted by molar-refractivity contribution is 5.96. The molecule has 0 N–H and O–H groups in total. The lowest BCUT2D eigenvalue weighted by Gasteiger charge is -2.22. The molecule has 1 aliphatic rings. The van der Waals surface area contributed by atoms with Gasteiger partial charge >= 0.3 is 0 Å². The number of Topliss-reactive ketones (excluding diaryl/α,β-unsaturated/α-hetero) is 1. The third-order valence-corrected chi connectivity index (χ3v) is 4.04. The summed E-state index contributed by atoms with van der Waals surface area (Å²) in [6.45, 7) is 7.41. The van der Waals surface area contributed by atoms with Gasteiger partial charge in [0.1, 0.15) is 0 Å². The fourth-order valence-electron chi connectivity index (χ4n) is 2.63. The Balaban J connectivity index is 1.89. The van der Waals surface area contributed by atoms with Gasteiger partial charge in [-0.3, -0.25) is 4.79 Å². The zero-order chi connectivity index (χ0) is 14.6. The van der Waals surface area contributed by atoms with E-state index in [9.17, 15) is 4.79 Å². The molecular weight excluding hydrogens is 248 g/mol. The first-order valence-electron chi connectivity index (χ1n) is 7.72. The highest BCUT2D eigenvalue weighted by Gasteiger charge is 2.17. The molecule has 0 aromatic heterocycles. The molecule has 0 amide bonds. The number of carbonyl (C=O) groups is 1. The molecule has 1 unspecified atom stereocenters. The number of hydrogen-bond donors (Lipinski definition) is 0. The number of ketones is 1. The third-order valence-electron chi connectivity index (χ3n) is 4.04. The molecule has 1 atom stereocenters. The molecular formula is C18H26O2. The molecule has 1 heterocycles. The maximum absolute atomic E-state index is 12.2. The van der Waals surface area contributed by atoms with Gasteiger partial charge in [0, 0.05) is 18.6 Å². The van der Waals surface area contributed by atoms with E-state index in [1.54, 1.807) is 0 Å². The Morgan fingerprint density at radius 3 is 2.45 bits per heavy atom. The van der Waals surface area contributed by atoms with E-state index in [1.807, 2.05) is 12.1 Å². The highest BCUT2D eigenvalue weighted by atomic mass is 16.5. The van der Waals surface area contributed by atoms with E-state index < -0.39 is 0 Å². The summed E-state index contributed by atoms with van der Waals surface area (Å²) in [6, 6.07) is 8.07. The van der Waals surface area contributed by atoms with Crippen molar-refractivity contribution < 1.29 is 9.53 Å². The summed E-state index contributed by atoms with van der Waals surface area (Å²) in [5, 5.41) is 0. The van der Waals surface area contributed by atoms with Gasteiger partial charge in [-0.15, -0.1) is 0 Å². The van der Waals surface area contributed by atoms with E-state index in [1.165, 1.54) is 18.4 Å². The van der Waals surface area contributed by atoms with Crippen LogP contribution in [0.3, 0.4) is 0 Å². The fraction of sp³-hybridized carbons (Fsp3) is 0.611. The second kappa shape index (κ2) is 6.53. The third kappa shape index (κ3) is 4.17. The monoisotopic (exact) mass is 274 g/mol. The van der Waals surface area contributed by atoms with E-state index in [4.69, 9.17) is 4.74 Å². The normalized spacial score (nSPS) is 19.9. The van der Waals surface area contributed by atoms with Crippen LogP contribution in [0.4, 0.5) is 0 Å². The van der Waals surface area contributed by atoms with Crippen molar-refractivity contribution >= 4 is 5.78 Å². The summed E-state index contributed by atoms with van der Waals surface area (Å²) in [5.41, 5.74) is 2.23. The van der Waals surface area contributed by atoms with Crippen LogP contribution in [0, 0.1) is 0 Å². The molecule has 1 aromatic rings. The molecule has 1 aromatic carbocycles. The molecule has 110 valence electrons. The number of hydrogen-bond acceptors (Lipinski definition) is 2. The van der Waals surface area contributed by atoms with Crippen molar-refractivity contribution in [3.05, 3.63) is 35.4 Å². The molecule has 1 saturated heterocycles. The van der Waals surface area contributed by atoms with Crippen LogP contribution in [0.1, 0.15) is 68.8 Å². The molecule has 0 bridgehead atoms. The molecule has 2 rings (SSSR count). The standard InChI is InChI=1S/C18H26O2/c1-18(2,3)15-9-7-14(8-10-15)17(19)12-11-16-6-4-5-13-20-16/h7-10,16H,4-6,11-13H2,1-3H3. The van der Waals surface area contributed by atoms with Crippen molar-refractivity contribution in [1.29, 1.82) is 0 Å². The molecule has 1 fully saturated rings. The first kappa shape index (κ1) is 15.2. The predicted molar refractivity (Wildman–Crippen MR) is 82.3 cm³/mol. The van der Waals surface area contributed by atoms with Crippen molar-refractivity contribution in [2.45, 2.75) is 64.4 Å². The Labute approximate surface area is 122 Å². The van der Waals surface area contributed by atoms with Crippen LogP contribution in [0.25, 0.3) is 0 Å². The van der Waals surface area contributed by atoms with Gasteiger partial charge in [0.25, 0.3) is 0 Å². The van der Waals surface area contributed by atoms with Crippen LogP contribution in [0.5, 0.6) is 0 Å². The maximum atomic E-state index is 12.2. The molecule has 1 aliphatic heterocycles. The maximum Gasteiger partial charge on any atom is 0.162 e. The van der Waals surface area contributed by atoms with Gasteiger partial charge in [0.15, 0.2) is 5.78 Å². The Bertz CT molecular complexity index is 433. The minimum absolute atomic E-state index is 0.136. The van der Waals surface area contributed by atoms with E-state index in [2.05, 4.69) is 32.9 Å². The van der Waals surface area contributed by atoms with Crippen molar-refractivity contribution in [1.82, 2.24) is 0 Å². The van der Waals surface area contributed by atoms with Gasteiger partial charge in [-0.2, -0.15) is 0 Å². The van der Waals surface area contributed by atoms with Gasteiger partial charge in [-0.1, -0.05) is 45.0 Å². The predicted octanol–water partition coefficient (Wildman–Crippen LogP) is 4.52. The summed E-state index contributed by atoms with van der Waals surface area (Å²) in [6.07, 6.45) is 5.26. The molecule has 2 heteroatoms. The Kier molecular flexibility index (Phi) is 4.98. The Morgan fingerprint density at radius 1 is 1.20 bits per heavy atom. The van der Waals surface area contributed by atoms with Crippen molar-refractivity contribution in [2.75, 3.05) is 6.61 Å². The first-order chi connectivity index (χ1) is 9.47. The second-order valence-electron chi connectivity index (χ2n) is 6.78. The average Bonchev–Trinajstić information content (AvgIpc) is 2.45. The largest absolute Gasteiger partial charge is 0.378 e. The van der Waals surface area contributed by atoms with E-state index >= 15 is 0 Å². The fourth-order valence-corrected chi connectivity index (χ4v) is 2.63. The number of rotatable bonds is 4.